The number of nitrogens with zero attached hydrogens (tertiary/aromatic N) is 1. The number of carbonyl (C=O) groups excluding carboxylic acids is 3. The molecule has 3 amide bonds. The van der Waals surface area contributed by atoms with E-state index in [1.54, 1.807) is 54.7 Å². The van der Waals surface area contributed by atoms with Crippen molar-refractivity contribution in [1.29, 1.82) is 0 Å². The lowest BCUT2D eigenvalue weighted by atomic mass is 9.93. The second-order valence-corrected chi connectivity index (χ2v) is 11.8. The molecular weight excluding hydrogens is 616 g/mol. The lowest BCUT2D eigenvalue weighted by Gasteiger charge is -2.29. The van der Waals surface area contributed by atoms with Crippen molar-refractivity contribution in [2.45, 2.75) is 51.0 Å². The number of amides is 3. The first kappa shape index (κ1) is 34.5. The molecule has 0 bridgehead atoms. The van der Waals surface area contributed by atoms with Crippen LogP contribution in [0.25, 0.3) is 0 Å². The number of rotatable bonds is 14. The van der Waals surface area contributed by atoms with E-state index in [1.165, 1.54) is 0 Å². The van der Waals surface area contributed by atoms with E-state index in [2.05, 4.69) is 20.9 Å². The van der Waals surface area contributed by atoms with E-state index in [4.69, 9.17) is 4.74 Å². The Morgan fingerprint density at radius 3 is 1.96 bits per heavy atom. The molecule has 4 aromatic carbocycles. The first-order valence-electron chi connectivity index (χ1n) is 16.2. The Bertz CT molecular complexity index is 1820. The number of para-hydroxylation sites is 1. The molecule has 5 aromatic rings. The number of aromatic nitrogens is 1. The normalized spacial score (nSPS) is 12.6. The SMILES string of the molecule is Cc1ccccc1C(=O)N[C@@H](Cc1ccccc1)[C@@H](O)C[C@H](Cc1ccccc1)NC(=O)c1ccccc1NC(=O)OCc1ccccn1. The molecule has 0 aliphatic rings. The number of pyridine rings is 1. The smallest absolute Gasteiger partial charge is 0.412 e. The molecule has 4 N–H and O–H groups in total. The lowest BCUT2D eigenvalue weighted by Crippen LogP contribution is -2.48. The molecule has 3 atom stereocenters. The van der Waals surface area contributed by atoms with Gasteiger partial charge in [0, 0.05) is 17.8 Å². The average molecular weight is 657 g/mol. The van der Waals surface area contributed by atoms with Crippen LogP contribution in [0.2, 0.25) is 0 Å². The molecule has 0 aliphatic heterocycles. The van der Waals surface area contributed by atoms with Gasteiger partial charge in [-0.2, -0.15) is 0 Å². The van der Waals surface area contributed by atoms with E-state index in [9.17, 15) is 19.5 Å². The van der Waals surface area contributed by atoms with Gasteiger partial charge in [0.1, 0.15) is 6.61 Å². The number of hydrogen-bond acceptors (Lipinski definition) is 6. The molecule has 1 heterocycles. The zero-order valence-electron chi connectivity index (χ0n) is 27.3. The first-order valence-corrected chi connectivity index (χ1v) is 16.2. The van der Waals surface area contributed by atoms with Gasteiger partial charge in [-0.15, -0.1) is 0 Å². The Labute approximate surface area is 286 Å². The minimum atomic E-state index is -1.02. The number of nitrogens with one attached hydrogen (secondary N) is 3. The third-order valence-corrected chi connectivity index (χ3v) is 8.14. The molecular formula is C40H40N4O5. The lowest BCUT2D eigenvalue weighted by molar-refractivity contribution is 0.0755. The van der Waals surface area contributed by atoms with Gasteiger partial charge in [-0.3, -0.25) is 19.9 Å². The maximum absolute atomic E-state index is 13.8. The standard InChI is InChI=1S/C40H40N4O5/c1-28-14-8-9-20-33(28)38(46)43-36(25-30-17-6-3-7-18-30)37(45)26-32(24-29-15-4-2-5-16-29)42-39(47)34-21-10-11-22-35(34)44-40(48)49-27-31-19-12-13-23-41-31/h2-23,32,36-37,45H,24-27H2,1H3,(H,42,47)(H,43,46)(H,44,48)/t32-,36-,37-/m0/s1. The summed E-state index contributed by atoms with van der Waals surface area (Å²) in [5.74, 6) is -0.714. The van der Waals surface area contributed by atoms with Gasteiger partial charge in [0.05, 0.1) is 29.1 Å². The molecule has 49 heavy (non-hydrogen) atoms. The number of aliphatic hydroxyl groups is 1. The zero-order valence-corrected chi connectivity index (χ0v) is 27.3. The van der Waals surface area contributed by atoms with Crippen molar-refractivity contribution in [3.05, 3.63) is 167 Å². The summed E-state index contributed by atoms with van der Waals surface area (Å²) in [4.78, 5) is 44.0. The van der Waals surface area contributed by atoms with E-state index in [0.29, 0.717) is 24.1 Å². The number of hydrogen-bond donors (Lipinski definition) is 4. The van der Waals surface area contributed by atoms with Gasteiger partial charge in [-0.1, -0.05) is 97.1 Å². The third-order valence-electron chi connectivity index (χ3n) is 8.14. The fourth-order valence-corrected chi connectivity index (χ4v) is 5.60. The van der Waals surface area contributed by atoms with E-state index in [1.807, 2.05) is 85.8 Å². The van der Waals surface area contributed by atoms with Crippen LogP contribution >= 0.6 is 0 Å². The number of carbonyl (C=O) groups is 3. The number of aryl methyl sites for hydroxylation is 1. The van der Waals surface area contributed by atoms with Crippen LogP contribution in [0.15, 0.2) is 134 Å². The third kappa shape index (κ3) is 10.3. The Hall–Kier alpha value is -5.80. The van der Waals surface area contributed by atoms with Gasteiger partial charge in [0.15, 0.2) is 0 Å². The molecule has 0 aliphatic carbocycles. The van der Waals surface area contributed by atoms with Crippen LogP contribution < -0.4 is 16.0 Å². The highest BCUT2D eigenvalue weighted by Crippen LogP contribution is 2.19. The van der Waals surface area contributed by atoms with Crippen LogP contribution in [0.1, 0.15) is 49.5 Å². The van der Waals surface area contributed by atoms with Crippen LogP contribution in [0.4, 0.5) is 10.5 Å². The Kier molecular flexibility index (Phi) is 12.2. The Morgan fingerprint density at radius 1 is 0.694 bits per heavy atom. The molecule has 0 saturated carbocycles. The van der Waals surface area contributed by atoms with Crippen molar-refractivity contribution in [2.75, 3.05) is 5.32 Å². The molecule has 0 radical (unpaired) electrons. The predicted octanol–water partition coefficient (Wildman–Crippen LogP) is 6.27. The second-order valence-electron chi connectivity index (χ2n) is 11.8. The summed E-state index contributed by atoms with van der Waals surface area (Å²) >= 11 is 0. The molecule has 9 nitrogen and oxygen atoms in total. The molecule has 0 fully saturated rings. The highest BCUT2D eigenvalue weighted by molar-refractivity contribution is 6.02. The van der Waals surface area contributed by atoms with Crippen LogP contribution in [0, 0.1) is 6.92 Å². The zero-order chi connectivity index (χ0) is 34.4. The predicted molar refractivity (Wildman–Crippen MR) is 189 cm³/mol. The molecule has 0 spiro atoms. The molecule has 0 unspecified atom stereocenters. The van der Waals surface area contributed by atoms with Gasteiger partial charge >= 0.3 is 6.09 Å². The van der Waals surface area contributed by atoms with Crippen molar-refractivity contribution < 1.29 is 24.2 Å². The minimum Gasteiger partial charge on any atom is -0.443 e. The van der Waals surface area contributed by atoms with Crippen molar-refractivity contribution >= 4 is 23.6 Å². The van der Waals surface area contributed by atoms with Crippen LogP contribution in [-0.2, 0) is 24.2 Å². The van der Waals surface area contributed by atoms with Gasteiger partial charge in [0.2, 0.25) is 0 Å². The summed E-state index contributed by atoms with van der Waals surface area (Å²) in [6.07, 6.45) is 0.829. The summed E-state index contributed by atoms with van der Waals surface area (Å²) in [6.45, 7) is 1.85. The molecule has 5 rings (SSSR count). The summed E-state index contributed by atoms with van der Waals surface area (Å²) < 4.78 is 5.31. The van der Waals surface area contributed by atoms with Gasteiger partial charge in [0.25, 0.3) is 11.8 Å². The van der Waals surface area contributed by atoms with Crippen molar-refractivity contribution in [3.63, 3.8) is 0 Å². The van der Waals surface area contributed by atoms with E-state index >= 15 is 0 Å². The average Bonchev–Trinajstić information content (AvgIpc) is 3.12. The summed E-state index contributed by atoms with van der Waals surface area (Å²) in [5.41, 5.74) is 4.38. The quantitative estimate of drug-likeness (QED) is 0.112. The van der Waals surface area contributed by atoms with Gasteiger partial charge in [-0.25, -0.2) is 4.79 Å². The number of ether oxygens (including phenoxy) is 1. The second kappa shape index (κ2) is 17.4. The largest absolute Gasteiger partial charge is 0.443 e. The van der Waals surface area contributed by atoms with E-state index in [0.717, 1.165) is 16.7 Å². The molecule has 9 heteroatoms. The Balaban J connectivity index is 1.33. The molecule has 250 valence electrons. The molecule has 0 saturated heterocycles. The summed E-state index contributed by atoms with van der Waals surface area (Å²) in [7, 11) is 0. The van der Waals surface area contributed by atoms with Crippen molar-refractivity contribution in [2.24, 2.45) is 0 Å². The van der Waals surface area contributed by atoms with E-state index < -0.39 is 30.2 Å². The van der Waals surface area contributed by atoms with Crippen molar-refractivity contribution in [1.82, 2.24) is 15.6 Å². The van der Waals surface area contributed by atoms with Gasteiger partial charge < -0.3 is 20.5 Å². The van der Waals surface area contributed by atoms with Crippen molar-refractivity contribution in [3.8, 4) is 0 Å². The number of anilines is 1. The number of aliphatic hydroxyl groups excluding tert-OH is 1. The maximum atomic E-state index is 13.8. The van der Waals surface area contributed by atoms with Crippen LogP contribution in [-0.4, -0.2) is 46.2 Å². The summed E-state index contributed by atoms with van der Waals surface area (Å²) in [5, 5.41) is 20.6. The van der Waals surface area contributed by atoms with Crippen LogP contribution in [0.5, 0.6) is 0 Å². The Morgan fingerprint density at radius 2 is 1.29 bits per heavy atom. The topological polar surface area (TPSA) is 130 Å². The maximum Gasteiger partial charge on any atom is 0.412 e. The fraction of sp³-hybridized carbons (Fsp3) is 0.200. The first-order chi connectivity index (χ1) is 23.9. The summed E-state index contributed by atoms with van der Waals surface area (Å²) in [6, 6.07) is 37.4. The minimum absolute atomic E-state index is 0.0252. The fourth-order valence-electron chi connectivity index (χ4n) is 5.60. The molecule has 1 aromatic heterocycles. The number of benzene rings is 4. The monoisotopic (exact) mass is 656 g/mol. The van der Waals surface area contributed by atoms with Crippen LogP contribution in [0.3, 0.4) is 0 Å². The van der Waals surface area contributed by atoms with E-state index in [-0.39, 0.29) is 30.2 Å². The highest BCUT2D eigenvalue weighted by Gasteiger charge is 2.28. The van der Waals surface area contributed by atoms with Gasteiger partial charge in [-0.05, 0) is 73.2 Å². The highest BCUT2D eigenvalue weighted by atomic mass is 16.5.